The normalized spacial score (nSPS) is 14.4. The van der Waals surface area contributed by atoms with Gasteiger partial charge in [-0.05, 0) is 47.5 Å². The average molecular weight is 388 g/mol. The van der Waals surface area contributed by atoms with Crippen molar-refractivity contribution in [3.8, 4) is 0 Å². The Kier molecular flexibility index (Phi) is 4.18. The Labute approximate surface area is 129 Å². The maximum atomic E-state index is 10.7. The van der Waals surface area contributed by atoms with Crippen LogP contribution < -0.4 is 0 Å². The molecule has 2 rings (SSSR count). The van der Waals surface area contributed by atoms with Crippen LogP contribution in [0.2, 0.25) is 0 Å². The highest BCUT2D eigenvalue weighted by molar-refractivity contribution is 9.10. The van der Waals surface area contributed by atoms with Crippen LogP contribution in [0, 0.1) is 6.92 Å². The largest absolute Gasteiger partial charge is 0.385 e. The number of benzene rings is 1. The van der Waals surface area contributed by atoms with Gasteiger partial charge in [-0.2, -0.15) is 5.10 Å². The van der Waals surface area contributed by atoms with Crippen LogP contribution in [0.25, 0.3) is 0 Å². The predicted molar refractivity (Wildman–Crippen MR) is 83.1 cm³/mol. The lowest BCUT2D eigenvalue weighted by Crippen LogP contribution is -2.25. The third-order valence-electron chi connectivity index (χ3n) is 3.22. The summed E-state index contributed by atoms with van der Waals surface area (Å²) >= 11 is 6.97. The second-order valence-electron chi connectivity index (χ2n) is 4.93. The van der Waals surface area contributed by atoms with Crippen LogP contribution in [0.4, 0.5) is 0 Å². The molecule has 0 saturated heterocycles. The zero-order chi connectivity index (χ0) is 14.2. The van der Waals surface area contributed by atoms with Crippen LogP contribution in [0.1, 0.15) is 23.9 Å². The van der Waals surface area contributed by atoms with Crippen LogP contribution in [0.15, 0.2) is 33.2 Å². The van der Waals surface area contributed by atoms with Gasteiger partial charge < -0.3 is 5.11 Å². The summed E-state index contributed by atoms with van der Waals surface area (Å²) in [5, 5.41) is 15.1. The number of nitrogens with zero attached hydrogens (tertiary/aromatic N) is 2. The predicted octanol–water partition coefficient (Wildman–Crippen LogP) is 3.70. The summed E-state index contributed by atoms with van der Waals surface area (Å²) in [6.45, 7) is 3.77. The van der Waals surface area contributed by atoms with Crippen LogP contribution in [0.3, 0.4) is 0 Å². The molecule has 0 radical (unpaired) electrons. The Bertz CT molecular complexity index is 605. The Balaban J connectivity index is 2.36. The highest BCUT2D eigenvalue weighted by atomic mass is 79.9. The third-order valence-corrected chi connectivity index (χ3v) is 4.74. The van der Waals surface area contributed by atoms with E-state index in [1.807, 2.05) is 49.8 Å². The van der Waals surface area contributed by atoms with Gasteiger partial charge in [-0.15, -0.1) is 0 Å². The maximum Gasteiger partial charge on any atom is 0.0924 e. The number of hydrogen-bond acceptors (Lipinski definition) is 2. The fourth-order valence-corrected chi connectivity index (χ4v) is 3.00. The summed E-state index contributed by atoms with van der Waals surface area (Å²) in [4.78, 5) is 0. The molecule has 19 heavy (non-hydrogen) atoms. The number of hydrogen-bond donors (Lipinski definition) is 1. The van der Waals surface area contributed by atoms with Gasteiger partial charge in [0.25, 0.3) is 0 Å². The van der Waals surface area contributed by atoms with Crippen molar-refractivity contribution in [2.45, 2.75) is 25.9 Å². The second-order valence-corrected chi connectivity index (χ2v) is 6.64. The van der Waals surface area contributed by atoms with Crippen LogP contribution in [-0.2, 0) is 19.1 Å². The van der Waals surface area contributed by atoms with E-state index in [1.54, 1.807) is 0 Å². The smallest absolute Gasteiger partial charge is 0.0924 e. The molecule has 1 atom stereocenters. The quantitative estimate of drug-likeness (QED) is 0.871. The molecule has 1 unspecified atom stereocenters. The van der Waals surface area contributed by atoms with Crippen molar-refractivity contribution in [1.82, 2.24) is 9.78 Å². The van der Waals surface area contributed by atoms with E-state index < -0.39 is 5.60 Å². The molecule has 1 heterocycles. The lowest BCUT2D eigenvalue weighted by atomic mass is 9.91. The molecule has 102 valence electrons. The first-order valence-electron chi connectivity index (χ1n) is 5.97. The molecule has 1 N–H and O–H groups in total. The lowest BCUT2D eigenvalue weighted by molar-refractivity contribution is 0.0554. The van der Waals surface area contributed by atoms with Crippen molar-refractivity contribution in [2.24, 2.45) is 7.05 Å². The number of aliphatic hydroxyl groups is 1. The molecule has 0 aliphatic heterocycles. The monoisotopic (exact) mass is 386 g/mol. The third kappa shape index (κ3) is 3.09. The first kappa shape index (κ1) is 14.8. The summed E-state index contributed by atoms with van der Waals surface area (Å²) in [5.41, 5.74) is 1.87. The van der Waals surface area contributed by atoms with Crippen molar-refractivity contribution in [1.29, 1.82) is 0 Å². The Morgan fingerprint density at radius 1 is 1.37 bits per heavy atom. The van der Waals surface area contributed by atoms with Gasteiger partial charge in [0.2, 0.25) is 0 Å². The Hall–Kier alpha value is -0.650. The van der Waals surface area contributed by atoms with Crippen molar-refractivity contribution >= 4 is 31.9 Å². The van der Waals surface area contributed by atoms with Crippen molar-refractivity contribution in [3.63, 3.8) is 0 Å². The zero-order valence-corrected chi connectivity index (χ0v) is 14.3. The zero-order valence-electron chi connectivity index (χ0n) is 11.1. The van der Waals surface area contributed by atoms with Gasteiger partial charge in [-0.3, -0.25) is 4.68 Å². The molecule has 1 aromatic heterocycles. The summed E-state index contributed by atoms with van der Waals surface area (Å²) < 4.78 is 3.74. The van der Waals surface area contributed by atoms with Crippen molar-refractivity contribution in [2.75, 3.05) is 0 Å². The molecule has 1 aromatic carbocycles. The van der Waals surface area contributed by atoms with E-state index in [1.165, 1.54) is 0 Å². The van der Waals surface area contributed by atoms with E-state index in [0.717, 1.165) is 25.9 Å². The van der Waals surface area contributed by atoms with E-state index in [4.69, 9.17) is 0 Å². The fraction of sp³-hybridized carbons (Fsp3) is 0.357. The van der Waals surface area contributed by atoms with Crippen molar-refractivity contribution in [3.05, 3.63) is 50.2 Å². The van der Waals surface area contributed by atoms with Gasteiger partial charge >= 0.3 is 0 Å². The van der Waals surface area contributed by atoms with E-state index in [9.17, 15) is 5.11 Å². The topological polar surface area (TPSA) is 38.0 Å². The SMILES string of the molecule is Cc1nn(C)c(CC(C)(O)c2cccc(Br)c2)c1Br. The highest BCUT2D eigenvalue weighted by Crippen LogP contribution is 2.31. The summed E-state index contributed by atoms with van der Waals surface area (Å²) in [5.74, 6) is 0. The van der Waals surface area contributed by atoms with Crippen LogP contribution in [0.5, 0.6) is 0 Å². The maximum absolute atomic E-state index is 10.7. The van der Waals surface area contributed by atoms with Crippen molar-refractivity contribution < 1.29 is 5.11 Å². The molecule has 0 spiro atoms. The van der Waals surface area contributed by atoms with E-state index in [2.05, 4.69) is 37.0 Å². The molecule has 3 nitrogen and oxygen atoms in total. The van der Waals surface area contributed by atoms with Crippen LogP contribution >= 0.6 is 31.9 Å². The average Bonchev–Trinajstić information content (AvgIpc) is 2.56. The molecule has 0 fully saturated rings. The highest BCUT2D eigenvalue weighted by Gasteiger charge is 2.27. The van der Waals surface area contributed by atoms with Gasteiger partial charge in [-0.25, -0.2) is 0 Å². The minimum absolute atomic E-state index is 0.501. The molecule has 0 aliphatic rings. The molecule has 0 amide bonds. The first-order valence-corrected chi connectivity index (χ1v) is 7.56. The van der Waals surface area contributed by atoms with E-state index in [-0.39, 0.29) is 0 Å². The van der Waals surface area contributed by atoms with Gasteiger partial charge in [0.15, 0.2) is 0 Å². The number of halogens is 2. The van der Waals surface area contributed by atoms with E-state index >= 15 is 0 Å². The van der Waals surface area contributed by atoms with Crippen LogP contribution in [-0.4, -0.2) is 14.9 Å². The first-order chi connectivity index (χ1) is 8.81. The molecule has 0 aliphatic carbocycles. The Morgan fingerprint density at radius 2 is 2.05 bits per heavy atom. The number of rotatable bonds is 3. The van der Waals surface area contributed by atoms with Gasteiger partial charge in [0.05, 0.1) is 21.5 Å². The fourth-order valence-electron chi connectivity index (χ4n) is 2.12. The molecule has 0 saturated carbocycles. The summed E-state index contributed by atoms with van der Waals surface area (Å²) in [7, 11) is 1.89. The number of aromatic nitrogens is 2. The van der Waals surface area contributed by atoms with Gasteiger partial charge in [0, 0.05) is 17.9 Å². The summed E-state index contributed by atoms with van der Waals surface area (Å²) in [6.07, 6.45) is 0.501. The standard InChI is InChI=1S/C14H16Br2N2O/c1-9-13(16)12(18(3)17-9)8-14(2,19)10-5-4-6-11(15)7-10/h4-7,19H,8H2,1-3H3. The minimum atomic E-state index is -0.938. The molecule has 2 aromatic rings. The molecule has 5 heteroatoms. The Morgan fingerprint density at radius 3 is 2.58 bits per heavy atom. The van der Waals surface area contributed by atoms with E-state index in [0.29, 0.717) is 6.42 Å². The molecule has 0 bridgehead atoms. The summed E-state index contributed by atoms with van der Waals surface area (Å²) in [6, 6.07) is 7.75. The second kappa shape index (κ2) is 5.38. The molecular formula is C14H16Br2N2O. The lowest BCUT2D eigenvalue weighted by Gasteiger charge is -2.24. The minimum Gasteiger partial charge on any atom is -0.385 e. The van der Waals surface area contributed by atoms with Gasteiger partial charge in [-0.1, -0.05) is 28.1 Å². The number of aryl methyl sites for hydroxylation is 2. The van der Waals surface area contributed by atoms with Gasteiger partial charge in [0.1, 0.15) is 0 Å². The molecular weight excluding hydrogens is 372 g/mol.